The predicted octanol–water partition coefficient (Wildman–Crippen LogP) is 3.65. The molecular formula is C14H15BrN2O. The molecule has 0 heterocycles. The van der Waals surface area contributed by atoms with Crippen molar-refractivity contribution in [1.29, 1.82) is 0 Å². The van der Waals surface area contributed by atoms with Crippen LogP contribution in [-0.2, 0) is 6.54 Å². The zero-order valence-corrected chi connectivity index (χ0v) is 11.7. The minimum atomic E-state index is 0.732. The summed E-state index contributed by atoms with van der Waals surface area (Å²) in [5, 5.41) is 3.31. The van der Waals surface area contributed by atoms with Crippen molar-refractivity contribution in [3.05, 3.63) is 52.5 Å². The van der Waals surface area contributed by atoms with Crippen molar-refractivity contribution in [2.75, 3.05) is 18.2 Å². The highest BCUT2D eigenvalue weighted by Gasteiger charge is 2.00. The standard InChI is InChI=1S/C14H15BrN2O/c1-18-12-5-2-10(3-6-12)9-17-14-7-4-11(15)8-13(14)16/h2-8,17H,9,16H2,1H3. The molecule has 0 aliphatic rings. The molecule has 94 valence electrons. The van der Waals surface area contributed by atoms with Gasteiger partial charge in [0.15, 0.2) is 0 Å². The molecule has 2 rings (SSSR count). The second-order valence-corrected chi connectivity index (χ2v) is 4.85. The molecule has 0 amide bonds. The van der Waals surface area contributed by atoms with Crippen LogP contribution in [-0.4, -0.2) is 7.11 Å². The SMILES string of the molecule is COc1ccc(CNc2ccc(Br)cc2N)cc1. The molecule has 0 bridgehead atoms. The van der Waals surface area contributed by atoms with E-state index in [1.807, 2.05) is 42.5 Å². The average Bonchev–Trinajstić information content (AvgIpc) is 2.38. The average molecular weight is 307 g/mol. The van der Waals surface area contributed by atoms with Gasteiger partial charge in [0.2, 0.25) is 0 Å². The Morgan fingerprint density at radius 2 is 1.89 bits per heavy atom. The van der Waals surface area contributed by atoms with Crippen LogP contribution in [0.4, 0.5) is 11.4 Å². The number of hydrogen-bond acceptors (Lipinski definition) is 3. The number of rotatable bonds is 4. The van der Waals surface area contributed by atoms with E-state index in [0.29, 0.717) is 0 Å². The van der Waals surface area contributed by atoms with E-state index in [1.54, 1.807) is 7.11 Å². The van der Waals surface area contributed by atoms with Crippen LogP contribution in [0.3, 0.4) is 0 Å². The normalized spacial score (nSPS) is 10.1. The lowest BCUT2D eigenvalue weighted by Gasteiger charge is -2.10. The molecule has 3 N–H and O–H groups in total. The van der Waals surface area contributed by atoms with Gasteiger partial charge in [-0.2, -0.15) is 0 Å². The highest BCUT2D eigenvalue weighted by atomic mass is 79.9. The van der Waals surface area contributed by atoms with Crippen LogP contribution in [0.5, 0.6) is 5.75 Å². The van der Waals surface area contributed by atoms with E-state index in [9.17, 15) is 0 Å². The highest BCUT2D eigenvalue weighted by Crippen LogP contribution is 2.23. The predicted molar refractivity (Wildman–Crippen MR) is 78.9 cm³/mol. The minimum absolute atomic E-state index is 0.732. The Morgan fingerprint density at radius 3 is 2.50 bits per heavy atom. The molecule has 0 radical (unpaired) electrons. The van der Waals surface area contributed by atoms with Crippen molar-refractivity contribution in [2.24, 2.45) is 0 Å². The van der Waals surface area contributed by atoms with Gasteiger partial charge in [0.1, 0.15) is 5.75 Å². The molecule has 0 fully saturated rings. The van der Waals surface area contributed by atoms with E-state index in [1.165, 1.54) is 5.56 Å². The molecule has 4 heteroatoms. The smallest absolute Gasteiger partial charge is 0.118 e. The number of nitrogens with one attached hydrogen (secondary N) is 1. The third-order valence-corrected chi connectivity index (χ3v) is 3.15. The van der Waals surface area contributed by atoms with E-state index in [2.05, 4.69) is 21.2 Å². The van der Waals surface area contributed by atoms with E-state index < -0.39 is 0 Å². The van der Waals surface area contributed by atoms with Gasteiger partial charge in [-0.15, -0.1) is 0 Å². The molecule has 0 aliphatic heterocycles. The summed E-state index contributed by atoms with van der Waals surface area (Å²) in [6.45, 7) is 0.732. The van der Waals surface area contributed by atoms with E-state index in [-0.39, 0.29) is 0 Å². The van der Waals surface area contributed by atoms with Crippen LogP contribution >= 0.6 is 15.9 Å². The van der Waals surface area contributed by atoms with Gasteiger partial charge >= 0.3 is 0 Å². The number of nitrogen functional groups attached to an aromatic ring is 1. The number of nitrogens with two attached hydrogens (primary N) is 1. The van der Waals surface area contributed by atoms with Crippen LogP contribution in [0.2, 0.25) is 0 Å². The molecular weight excluding hydrogens is 292 g/mol. The van der Waals surface area contributed by atoms with E-state index in [0.717, 1.165) is 28.1 Å². The first kappa shape index (κ1) is 12.8. The Kier molecular flexibility index (Phi) is 4.10. The molecule has 0 saturated heterocycles. The summed E-state index contributed by atoms with van der Waals surface area (Å²) in [4.78, 5) is 0. The first-order valence-corrected chi connectivity index (χ1v) is 6.40. The lowest BCUT2D eigenvalue weighted by atomic mass is 10.2. The topological polar surface area (TPSA) is 47.3 Å². The summed E-state index contributed by atoms with van der Waals surface area (Å²) >= 11 is 3.39. The van der Waals surface area contributed by atoms with Gasteiger partial charge in [0.25, 0.3) is 0 Å². The molecule has 0 aliphatic carbocycles. The number of hydrogen-bond donors (Lipinski definition) is 2. The number of anilines is 2. The number of methoxy groups -OCH3 is 1. The zero-order valence-electron chi connectivity index (χ0n) is 10.1. The van der Waals surface area contributed by atoms with Gasteiger partial charge in [-0.1, -0.05) is 28.1 Å². The summed E-state index contributed by atoms with van der Waals surface area (Å²) in [6.07, 6.45) is 0. The fourth-order valence-corrected chi connectivity index (χ4v) is 2.01. The summed E-state index contributed by atoms with van der Waals surface area (Å²) in [5.41, 5.74) is 8.77. The van der Waals surface area contributed by atoms with E-state index >= 15 is 0 Å². The lowest BCUT2D eigenvalue weighted by Crippen LogP contribution is -2.02. The van der Waals surface area contributed by atoms with Crippen LogP contribution in [0.25, 0.3) is 0 Å². The van der Waals surface area contributed by atoms with Crippen molar-refractivity contribution < 1.29 is 4.74 Å². The maximum atomic E-state index is 5.92. The maximum absolute atomic E-state index is 5.92. The molecule has 2 aromatic carbocycles. The maximum Gasteiger partial charge on any atom is 0.118 e. The van der Waals surface area contributed by atoms with Crippen LogP contribution in [0, 0.1) is 0 Å². The van der Waals surface area contributed by atoms with Crippen LogP contribution in [0.15, 0.2) is 46.9 Å². The zero-order chi connectivity index (χ0) is 13.0. The largest absolute Gasteiger partial charge is 0.497 e. The molecule has 2 aromatic rings. The second kappa shape index (κ2) is 5.78. The first-order chi connectivity index (χ1) is 8.69. The molecule has 3 nitrogen and oxygen atoms in total. The first-order valence-electron chi connectivity index (χ1n) is 5.61. The molecule has 0 unspecified atom stereocenters. The van der Waals surface area contributed by atoms with Crippen LogP contribution < -0.4 is 15.8 Å². The van der Waals surface area contributed by atoms with Gasteiger partial charge in [-0.05, 0) is 35.9 Å². The number of halogens is 1. The molecule has 0 saturated carbocycles. The Balaban J connectivity index is 2.02. The Labute approximate surface area is 115 Å². The van der Waals surface area contributed by atoms with Gasteiger partial charge < -0.3 is 15.8 Å². The Bertz CT molecular complexity index is 526. The second-order valence-electron chi connectivity index (χ2n) is 3.93. The van der Waals surface area contributed by atoms with Crippen molar-refractivity contribution >= 4 is 27.3 Å². The fourth-order valence-electron chi connectivity index (χ4n) is 1.64. The summed E-state index contributed by atoms with van der Waals surface area (Å²) in [6, 6.07) is 13.8. The fraction of sp³-hybridized carbons (Fsp3) is 0.143. The summed E-state index contributed by atoms with van der Waals surface area (Å²) in [5.74, 6) is 0.863. The van der Waals surface area contributed by atoms with Gasteiger partial charge in [0.05, 0.1) is 18.5 Å². The summed E-state index contributed by atoms with van der Waals surface area (Å²) < 4.78 is 6.10. The molecule has 0 aromatic heterocycles. The highest BCUT2D eigenvalue weighted by molar-refractivity contribution is 9.10. The van der Waals surface area contributed by atoms with E-state index in [4.69, 9.17) is 10.5 Å². The lowest BCUT2D eigenvalue weighted by molar-refractivity contribution is 0.414. The van der Waals surface area contributed by atoms with Crippen molar-refractivity contribution in [1.82, 2.24) is 0 Å². The summed E-state index contributed by atoms with van der Waals surface area (Å²) in [7, 11) is 1.66. The number of benzene rings is 2. The van der Waals surface area contributed by atoms with Gasteiger partial charge in [-0.3, -0.25) is 0 Å². The quantitative estimate of drug-likeness (QED) is 0.848. The molecule has 18 heavy (non-hydrogen) atoms. The minimum Gasteiger partial charge on any atom is -0.497 e. The van der Waals surface area contributed by atoms with Crippen LogP contribution in [0.1, 0.15) is 5.56 Å². The number of ether oxygens (including phenoxy) is 1. The van der Waals surface area contributed by atoms with Gasteiger partial charge in [0, 0.05) is 11.0 Å². The monoisotopic (exact) mass is 306 g/mol. The Morgan fingerprint density at radius 1 is 1.17 bits per heavy atom. The molecule has 0 atom stereocenters. The Hall–Kier alpha value is -1.68. The van der Waals surface area contributed by atoms with Crippen molar-refractivity contribution in [3.63, 3.8) is 0 Å². The molecule has 0 spiro atoms. The van der Waals surface area contributed by atoms with Crippen molar-refractivity contribution in [2.45, 2.75) is 6.54 Å². The third-order valence-electron chi connectivity index (χ3n) is 2.66. The third kappa shape index (κ3) is 3.17. The van der Waals surface area contributed by atoms with Gasteiger partial charge in [-0.25, -0.2) is 0 Å². The van der Waals surface area contributed by atoms with Crippen molar-refractivity contribution in [3.8, 4) is 5.75 Å².